The molecule has 0 aliphatic heterocycles. The molecule has 0 heterocycles. The van der Waals surface area contributed by atoms with Gasteiger partial charge in [0.25, 0.3) is 5.91 Å². The molecule has 0 unspecified atom stereocenters. The van der Waals surface area contributed by atoms with E-state index in [2.05, 4.69) is 5.32 Å². The molecule has 3 aromatic carbocycles. The van der Waals surface area contributed by atoms with Gasteiger partial charge in [-0.1, -0.05) is 30.3 Å². The van der Waals surface area contributed by atoms with Gasteiger partial charge in [0.2, 0.25) is 0 Å². The predicted molar refractivity (Wildman–Crippen MR) is 107 cm³/mol. The molecule has 29 heavy (non-hydrogen) atoms. The second kappa shape index (κ2) is 9.80. The third kappa shape index (κ3) is 6.12. The van der Waals surface area contributed by atoms with Crippen LogP contribution in [0.15, 0.2) is 72.8 Å². The van der Waals surface area contributed by atoms with Crippen LogP contribution in [0.3, 0.4) is 0 Å². The maximum atomic E-state index is 13.3. The Bertz CT molecular complexity index is 947. The van der Waals surface area contributed by atoms with Crippen LogP contribution < -0.4 is 15.4 Å². The highest BCUT2D eigenvalue weighted by molar-refractivity contribution is 5.91. The highest BCUT2D eigenvalue weighted by atomic mass is 19.2. The van der Waals surface area contributed by atoms with Crippen LogP contribution in [-0.4, -0.2) is 12.5 Å². The van der Waals surface area contributed by atoms with E-state index in [0.29, 0.717) is 23.6 Å². The maximum absolute atomic E-state index is 13.3. The summed E-state index contributed by atoms with van der Waals surface area (Å²) in [4.78, 5) is 12.2. The van der Waals surface area contributed by atoms with Gasteiger partial charge in [-0.3, -0.25) is 4.79 Å². The van der Waals surface area contributed by atoms with Crippen molar-refractivity contribution in [2.75, 3.05) is 11.9 Å². The molecule has 0 aliphatic carbocycles. The van der Waals surface area contributed by atoms with Crippen molar-refractivity contribution >= 4 is 11.6 Å². The third-order valence-electron chi connectivity index (χ3n) is 4.51. The van der Waals surface area contributed by atoms with Crippen molar-refractivity contribution in [3.8, 4) is 5.75 Å². The Morgan fingerprint density at radius 3 is 2.41 bits per heavy atom. The van der Waals surface area contributed by atoms with Crippen molar-refractivity contribution in [3.63, 3.8) is 0 Å². The van der Waals surface area contributed by atoms with Crippen molar-refractivity contribution in [1.29, 1.82) is 0 Å². The van der Waals surface area contributed by atoms with Gasteiger partial charge in [-0.05, 0) is 55.0 Å². The molecule has 0 aliphatic rings. The number of nitrogens with two attached hydrogens (primary N) is 1. The van der Waals surface area contributed by atoms with Crippen LogP contribution in [0, 0.1) is 11.6 Å². The summed E-state index contributed by atoms with van der Waals surface area (Å²) in [6.45, 7) is 2.47. The van der Waals surface area contributed by atoms with Crippen molar-refractivity contribution in [1.82, 2.24) is 0 Å². The lowest BCUT2D eigenvalue weighted by molar-refractivity contribution is -0.682. The number of carbonyl (C=O) groups is 1. The average Bonchev–Trinajstić information content (AvgIpc) is 2.74. The normalized spacial score (nSPS) is 11.7. The quantitative estimate of drug-likeness (QED) is 0.607. The molecule has 0 fully saturated rings. The molecule has 150 valence electrons. The number of halogens is 2. The van der Waals surface area contributed by atoms with Crippen LogP contribution in [0.25, 0.3) is 0 Å². The average molecular weight is 397 g/mol. The fourth-order valence-corrected chi connectivity index (χ4v) is 2.80. The zero-order valence-electron chi connectivity index (χ0n) is 16.1. The van der Waals surface area contributed by atoms with E-state index in [9.17, 15) is 13.6 Å². The second-order valence-corrected chi connectivity index (χ2v) is 6.75. The maximum Gasteiger partial charge on any atom is 0.279 e. The third-order valence-corrected chi connectivity index (χ3v) is 4.51. The topological polar surface area (TPSA) is 54.9 Å². The minimum Gasteiger partial charge on any atom is -0.489 e. The van der Waals surface area contributed by atoms with Crippen LogP contribution in [0.5, 0.6) is 5.75 Å². The fraction of sp³-hybridized carbons (Fsp3) is 0.174. The number of hydrogen-bond acceptors (Lipinski definition) is 2. The molecule has 0 saturated heterocycles. The van der Waals surface area contributed by atoms with Gasteiger partial charge in [0.15, 0.2) is 18.2 Å². The number of amides is 1. The lowest BCUT2D eigenvalue weighted by Gasteiger charge is -2.12. The molecule has 3 N–H and O–H groups in total. The van der Waals surface area contributed by atoms with E-state index in [-0.39, 0.29) is 18.5 Å². The Kier molecular flexibility index (Phi) is 6.92. The van der Waals surface area contributed by atoms with Gasteiger partial charge in [0.05, 0.1) is 0 Å². The summed E-state index contributed by atoms with van der Waals surface area (Å²) in [7, 11) is 0. The van der Waals surface area contributed by atoms with Gasteiger partial charge in [0.1, 0.15) is 18.4 Å². The van der Waals surface area contributed by atoms with Crippen LogP contribution in [0.2, 0.25) is 0 Å². The zero-order chi connectivity index (χ0) is 20.6. The largest absolute Gasteiger partial charge is 0.489 e. The molecule has 1 atom stereocenters. The van der Waals surface area contributed by atoms with Crippen molar-refractivity contribution < 1.29 is 23.6 Å². The first-order valence-electron chi connectivity index (χ1n) is 9.36. The highest BCUT2D eigenvalue weighted by Crippen LogP contribution is 2.17. The molecule has 0 bridgehead atoms. The van der Waals surface area contributed by atoms with Gasteiger partial charge in [-0.15, -0.1) is 0 Å². The van der Waals surface area contributed by atoms with Gasteiger partial charge in [0, 0.05) is 11.3 Å². The summed E-state index contributed by atoms with van der Waals surface area (Å²) in [5, 5.41) is 4.57. The van der Waals surface area contributed by atoms with E-state index in [1.165, 1.54) is 6.07 Å². The number of carbonyl (C=O) groups excluding carboxylic acids is 1. The molecule has 0 radical (unpaired) electrons. The zero-order valence-corrected chi connectivity index (χ0v) is 16.1. The van der Waals surface area contributed by atoms with Crippen LogP contribution in [-0.2, 0) is 11.4 Å². The summed E-state index contributed by atoms with van der Waals surface area (Å²) in [5.41, 5.74) is 2.36. The molecule has 6 heteroatoms. The molecule has 0 saturated carbocycles. The summed E-state index contributed by atoms with van der Waals surface area (Å²) in [6.07, 6.45) is 0. The Morgan fingerprint density at radius 1 is 1.00 bits per heavy atom. The number of anilines is 1. The molecule has 4 nitrogen and oxygen atoms in total. The summed E-state index contributed by atoms with van der Waals surface area (Å²) < 4.78 is 32.1. The Morgan fingerprint density at radius 2 is 1.72 bits per heavy atom. The molecule has 1 amide bonds. The van der Waals surface area contributed by atoms with Crippen LogP contribution in [0.4, 0.5) is 14.5 Å². The SMILES string of the molecule is C[C@@H]([NH2+]CC(=O)Nc1ccc(OCc2ccccc2)cc1)c1ccc(F)c(F)c1. The summed E-state index contributed by atoms with van der Waals surface area (Å²) >= 11 is 0. The first-order chi connectivity index (χ1) is 14.0. The van der Waals surface area contributed by atoms with Gasteiger partial charge >= 0.3 is 0 Å². The first kappa shape index (κ1) is 20.5. The molecule has 0 aromatic heterocycles. The van der Waals surface area contributed by atoms with E-state index in [0.717, 1.165) is 17.7 Å². The number of rotatable bonds is 8. The van der Waals surface area contributed by atoms with Crippen molar-refractivity contribution in [2.24, 2.45) is 0 Å². The monoisotopic (exact) mass is 397 g/mol. The predicted octanol–water partition coefficient (Wildman–Crippen LogP) is 3.81. The highest BCUT2D eigenvalue weighted by Gasteiger charge is 2.14. The molecule has 0 spiro atoms. The summed E-state index contributed by atoms with van der Waals surface area (Å²) in [6, 6.07) is 20.6. The lowest BCUT2D eigenvalue weighted by atomic mass is 10.1. The number of ether oxygens (including phenoxy) is 1. The van der Waals surface area contributed by atoms with Crippen molar-refractivity contribution in [3.05, 3.63) is 95.6 Å². The molecular weight excluding hydrogens is 374 g/mol. The van der Waals surface area contributed by atoms with E-state index < -0.39 is 11.6 Å². The molecular formula is C23H23F2N2O2+. The van der Waals surface area contributed by atoms with E-state index in [1.807, 2.05) is 37.3 Å². The fourth-order valence-electron chi connectivity index (χ4n) is 2.80. The summed E-state index contributed by atoms with van der Waals surface area (Å²) in [5.74, 6) is -1.24. The number of hydrogen-bond donors (Lipinski definition) is 2. The van der Waals surface area contributed by atoms with Crippen LogP contribution >= 0.6 is 0 Å². The smallest absolute Gasteiger partial charge is 0.279 e. The second-order valence-electron chi connectivity index (χ2n) is 6.75. The minimum absolute atomic E-state index is 0.159. The minimum atomic E-state index is -0.887. The van der Waals surface area contributed by atoms with Crippen LogP contribution in [0.1, 0.15) is 24.1 Å². The number of quaternary nitrogens is 1. The Labute approximate surface area is 168 Å². The van der Waals surface area contributed by atoms with Crippen molar-refractivity contribution in [2.45, 2.75) is 19.6 Å². The molecule has 3 aromatic rings. The molecule has 3 rings (SSSR count). The number of nitrogens with one attached hydrogen (secondary N) is 1. The lowest BCUT2D eigenvalue weighted by Crippen LogP contribution is -2.86. The van der Waals surface area contributed by atoms with E-state index >= 15 is 0 Å². The number of benzene rings is 3. The van der Waals surface area contributed by atoms with E-state index in [4.69, 9.17) is 4.74 Å². The standard InChI is InChI=1S/C23H22F2N2O2/c1-16(18-7-12-21(24)22(25)13-18)26-14-23(28)27-19-8-10-20(11-9-19)29-15-17-5-3-2-4-6-17/h2-13,16,26H,14-15H2,1H3,(H,27,28)/p+1/t16-/m1/s1. The first-order valence-corrected chi connectivity index (χ1v) is 9.36. The van der Waals surface area contributed by atoms with Gasteiger partial charge in [-0.2, -0.15) is 0 Å². The van der Waals surface area contributed by atoms with Gasteiger partial charge < -0.3 is 15.4 Å². The van der Waals surface area contributed by atoms with E-state index in [1.54, 1.807) is 29.6 Å². The van der Waals surface area contributed by atoms with Gasteiger partial charge in [-0.25, -0.2) is 8.78 Å². The Hall–Kier alpha value is -3.25. The Balaban J connectivity index is 1.45.